The number of amides is 4. The number of cyclic esters (lactones) is 1. The van der Waals surface area contributed by atoms with E-state index in [4.69, 9.17) is 24.2 Å². The summed E-state index contributed by atoms with van der Waals surface area (Å²) in [5.74, 6) is -1.25. The molecule has 12 heteroatoms. The van der Waals surface area contributed by atoms with Crippen molar-refractivity contribution in [3.63, 3.8) is 0 Å². The molecule has 0 unspecified atom stereocenters. The molecule has 0 aliphatic carbocycles. The van der Waals surface area contributed by atoms with Crippen LogP contribution in [0.4, 0.5) is 21.0 Å². The normalized spacial score (nSPS) is 20.4. The Hall–Kier alpha value is -3.05. The molecule has 4 rings (SSSR count). The van der Waals surface area contributed by atoms with Gasteiger partial charge in [-0.2, -0.15) is 0 Å². The molecule has 3 heterocycles. The highest BCUT2D eigenvalue weighted by molar-refractivity contribution is 7.18. The molecule has 4 amide bonds. The minimum atomic E-state index is -0.738. The van der Waals surface area contributed by atoms with Crippen molar-refractivity contribution in [3.05, 3.63) is 45.6 Å². The van der Waals surface area contributed by atoms with Crippen LogP contribution in [0.1, 0.15) is 16.1 Å². The molecular weight excluding hydrogens is 455 g/mol. The fourth-order valence-corrected chi connectivity index (χ4v) is 4.58. The number of rotatable bonds is 6. The second-order valence-electron chi connectivity index (χ2n) is 7.29. The molecule has 1 aromatic heterocycles. The van der Waals surface area contributed by atoms with Gasteiger partial charge in [-0.25, -0.2) is 4.79 Å². The number of nitrogens with one attached hydrogen (secondary N) is 2. The number of carbonyl (C=O) groups excluding carboxylic acids is 4. The Balaban J connectivity index is 1.34. The molecule has 2 radical (unpaired) electrons. The lowest BCUT2D eigenvalue weighted by molar-refractivity contribution is -0.118. The first-order valence-corrected chi connectivity index (χ1v) is 11.0. The summed E-state index contributed by atoms with van der Waals surface area (Å²) in [6.45, 7) is 0.897. The lowest BCUT2D eigenvalue weighted by atomic mass is 10.1. The molecule has 0 bridgehead atoms. The molecular formula is C20H18BClN4O5S. The van der Waals surface area contributed by atoms with E-state index in [1.165, 1.54) is 16.2 Å². The maximum absolute atomic E-state index is 12.4. The molecule has 2 aliphatic rings. The molecule has 2 N–H and O–H groups in total. The second kappa shape index (κ2) is 9.21. The summed E-state index contributed by atoms with van der Waals surface area (Å²) in [5, 5.41) is 5.17. The van der Waals surface area contributed by atoms with Crippen molar-refractivity contribution in [3.8, 4) is 0 Å². The van der Waals surface area contributed by atoms with Gasteiger partial charge in [-0.1, -0.05) is 11.6 Å². The van der Waals surface area contributed by atoms with Crippen LogP contribution < -0.4 is 20.4 Å². The third-order valence-corrected chi connectivity index (χ3v) is 6.39. The molecule has 9 nitrogen and oxygen atoms in total. The van der Waals surface area contributed by atoms with Gasteiger partial charge in [0.05, 0.1) is 22.3 Å². The van der Waals surface area contributed by atoms with Gasteiger partial charge in [-0.3, -0.25) is 19.3 Å². The number of nitrogens with zero attached hydrogens (tertiary/aromatic N) is 2. The number of ether oxygens (including phenoxy) is 1. The van der Waals surface area contributed by atoms with Gasteiger partial charge in [0.1, 0.15) is 12.1 Å². The van der Waals surface area contributed by atoms with E-state index in [1.807, 2.05) is 0 Å². The summed E-state index contributed by atoms with van der Waals surface area (Å²) in [6, 6.07) is 9.52. The van der Waals surface area contributed by atoms with Crippen LogP contribution in [0.2, 0.25) is 4.34 Å². The maximum atomic E-state index is 12.4. The van der Waals surface area contributed by atoms with Gasteiger partial charge in [0.15, 0.2) is 5.81 Å². The van der Waals surface area contributed by atoms with Crippen LogP contribution in [0, 0.1) is 0 Å². The smallest absolute Gasteiger partial charge is 0.414 e. The number of hydrogen-bond acceptors (Lipinski definition) is 6. The van der Waals surface area contributed by atoms with E-state index in [1.54, 1.807) is 41.3 Å². The highest BCUT2D eigenvalue weighted by Gasteiger charge is 2.34. The molecule has 32 heavy (non-hydrogen) atoms. The van der Waals surface area contributed by atoms with Gasteiger partial charge in [-0.15, -0.1) is 11.3 Å². The van der Waals surface area contributed by atoms with E-state index in [-0.39, 0.29) is 24.9 Å². The molecule has 164 valence electrons. The van der Waals surface area contributed by atoms with Gasteiger partial charge in [-0.05, 0) is 42.8 Å². The lowest BCUT2D eigenvalue weighted by Gasteiger charge is -2.19. The number of carbonyl (C=O) groups is 4. The Morgan fingerprint density at radius 1 is 1.12 bits per heavy atom. The van der Waals surface area contributed by atoms with E-state index in [0.29, 0.717) is 33.6 Å². The van der Waals surface area contributed by atoms with Crippen LogP contribution in [0.15, 0.2) is 36.4 Å². The minimum absolute atomic E-state index is 0.172. The number of benzene rings is 1. The third-order valence-electron chi connectivity index (χ3n) is 5.16. The Kier molecular flexibility index (Phi) is 6.38. The molecule has 2 aromatic rings. The second-order valence-corrected chi connectivity index (χ2v) is 9.00. The van der Waals surface area contributed by atoms with Crippen LogP contribution in [0.25, 0.3) is 0 Å². The highest BCUT2D eigenvalue weighted by Crippen LogP contribution is 2.27. The fourth-order valence-electron chi connectivity index (χ4n) is 3.62. The monoisotopic (exact) mass is 472 g/mol. The number of hydrogen-bond donors (Lipinski definition) is 2. The molecule has 2 fully saturated rings. The van der Waals surface area contributed by atoms with Crippen LogP contribution in [0.5, 0.6) is 0 Å². The molecule has 2 aliphatic heterocycles. The molecule has 2 atom stereocenters. The van der Waals surface area contributed by atoms with Crippen LogP contribution in [-0.2, 0) is 9.53 Å². The van der Waals surface area contributed by atoms with E-state index in [2.05, 4.69) is 10.6 Å². The van der Waals surface area contributed by atoms with Crippen molar-refractivity contribution < 1.29 is 23.9 Å². The van der Waals surface area contributed by atoms with Crippen molar-refractivity contribution in [1.82, 2.24) is 10.6 Å². The molecule has 0 spiro atoms. The van der Waals surface area contributed by atoms with Gasteiger partial charge in [0.2, 0.25) is 13.8 Å². The Bertz CT molecular complexity index is 1060. The van der Waals surface area contributed by atoms with Crippen LogP contribution in [-0.4, -0.2) is 63.3 Å². The van der Waals surface area contributed by atoms with E-state index < -0.39 is 24.0 Å². The summed E-state index contributed by atoms with van der Waals surface area (Å²) in [4.78, 5) is 51.4. The first-order valence-electron chi connectivity index (χ1n) is 9.81. The molecule has 0 saturated carbocycles. The maximum Gasteiger partial charge on any atom is 0.414 e. The summed E-state index contributed by atoms with van der Waals surface area (Å²) in [6.07, 6.45) is -0.547. The average molecular weight is 473 g/mol. The summed E-state index contributed by atoms with van der Waals surface area (Å²) < 4.78 is 5.87. The highest BCUT2D eigenvalue weighted by atomic mass is 35.5. The van der Waals surface area contributed by atoms with E-state index >= 15 is 0 Å². The number of thiophene rings is 1. The summed E-state index contributed by atoms with van der Waals surface area (Å²) >= 11 is 7.02. The van der Waals surface area contributed by atoms with E-state index in [0.717, 1.165) is 0 Å². The number of halogens is 1. The van der Waals surface area contributed by atoms with Crippen molar-refractivity contribution in [2.75, 3.05) is 29.4 Å². The molecule has 1 aromatic carbocycles. The largest absolute Gasteiger partial charge is 0.442 e. The Morgan fingerprint density at radius 3 is 2.44 bits per heavy atom. The number of anilines is 2. The van der Waals surface area contributed by atoms with Crippen molar-refractivity contribution >= 4 is 65.9 Å². The average Bonchev–Trinajstić information content (AvgIpc) is 3.46. The first-order chi connectivity index (χ1) is 15.3. The van der Waals surface area contributed by atoms with Gasteiger partial charge >= 0.3 is 6.09 Å². The predicted molar refractivity (Wildman–Crippen MR) is 121 cm³/mol. The molecule has 2 saturated heterocycles. The van der Waals surface area contributed by atoms with Crippen LogP contribution >= 0.6 is 22.9 Å². The zero-order valence-corrected chi connectivity index (χ0v) is 18.3. The Morgan fingerprint density at radius 2 is 1.81 bits per heavy atom. The zero-order chi connectivity index (χ0) is 22.8. The fraction of sp³-hybridized carbons (Fsp3) is 0.300. The Labute approximate surface area is 194 Å². The summed E-state index contributed by atoms with van der Waals surface area (Å²) in [7, 11) is 5.10. The van der Waals surface area contributed by atoms with Gasteiger partial charge < -0.3 is 20.3 Å². The zero-order valence-electron chi connectivity index (χ0n) is 16.7. The van der Waals surface area contributed by atoms with Crippen molar-refractivity contribution in [1.29, 1.82) is 0 Å². The van der Waals surface area contributed by atoms with Gasteiger partial charge in [0, 0.05) is 17.9 Å². The topological polar surface area (TPSA) is 108 Å². The quantitative estimate of drug-likeness (QED) is 0.626. The minimum Gasteiger partial charge on any atom is -0.442 e. The predicted octanol–water partition coefficient (Wildman–Crippen LogP) is 2.14. The van der Waals surface area contributed by atoms with Crippen molar-refractivity contribution in [2.45, 2.75) is 18.6 Å². The SMILES string of the molecule is [B]C(=O)N[C@@H]1CCN(c2ccc(N3C[C@H](CNC(=O)c4ccc(Cl)s4)OC3=O)cc2)C1=O. The van der Waals surface area contributed by atoms with E-state index in [9.17, 15) is 19.2 Å². The first kappa shape index (κ1) is 22.2. The van der Waals surface area contributed by atoms with Crippen LogP contribution in [0.3, 0.4) is 0 Å². The standard InChI is InChI=1S/C20H18BClN4O5S/c21-19(29)24-14-7-8-25(18(14)28)11-1-3-12(4-2-11)26-10-13(31-20(26)30)9-23-17(27)15-5-6-16(22)32-15/h1-6,13-14H,7-10H2,(H,23,27)(H,24,29)/t13-,14+/m0/s1. The van der Waals surface area contributed by atoms with Gasteiger partial charge in [0.25, 0.3) is 5.91 Å². The lowest BCUT2D eigenvalue weighted by Crippen LogP contribution is -2.41. The summed E-state index contributed by atoms with van der Waals surface area (Å²) in [5.41, 5.74) is 1.26. The third kappa shape index (κ3) is 4.73. The van der Waals surface area contributed by atoms with Crippen molar-refractivity contribution in [2.24, 2.45) is 0 Å².